The van der Waals surface area contributed by atoms with Crippen LogP contribution in [0.15, 0.2) is 24.3 Å². The molecule has 0 radical (unpaired) electrons. The van der Waals surface area contributed by atoms with E-state index in [9.17, 15) is 9.18 Å². The molecule has 0 heterocycles. The van der Waals surface area contributed by atoms with Crippen molar-refractivity contribution in [2.75, 3.05) is 5.32 Å². The molecule has 0 aromatic heterocycles. The van der Waals surface area contributed by atoms with E-state index in [4.69, 9.17) is 11.0 Å². The average molecular weight is 207 g/mol. The normalized spacial score (nSPS) is 11.5. The zero-order valence-corrected chi connectivity index (χ0v) is 7.90. The standard InChI is InChI=1S/C10H10FN3O/c11-7-1-3-8(4-2-7)14-9(6-12)5-10(13)15/h1-4,9,14H,5H2,(H2,13,15). The maximum atomic E-state index is 12.5. The molecule has 0 bridgehead atoms. The molecule has 3 N–H and O–H groups in total. The molecule has 0 fully saturated rings. The van der Waals surface area contributed by atoms with Crippen molar-refractivity contribution in [2.45, 2.75) is 12.5 Å². The number of halogens is 1. The number of amides is 1. The number of nitrogens with zero attached hydrogens (tertiary/aromatic N) is 1. The Morgan fingerprint density at radius 2 is 2.13 bits per heavy atom. The van der Waals surface area contributed by atoms with Gasteiger partial charge in [0, 0.05) is 5.69 Å². The third kappa shape index (κ3) is 3.65. The van der Waals surface area contributed by atoms with Crippen LogP contribution in [-0.2, 0) is 4.79 Å². The molecule has 0 aliphatic heterocycles. The highest BCUT2D eigenvalue weighted by Crippen LogP contribution is 2.10. The minimum atomic E-state index is -0.687. The summed E-state index contributed by atoms with van der Waals surface area (Å²) in [5.41, 5.74) is 5.53. The van der Waals surface area contributed by atoms with Crippen LogP contribution in [0.25, 0.3) is 0 Å². The highest BCUT2D eigenvalue weighted by Gasteiger charge is 2.10. The lowest BCUT2D eigenvalue weighted by Crippen LogP contribution is -2.25. The van der Waals surface area contributed by atoms with Crippen LogP contribution in [0.3, 0.4) is 0 Å². The molecule has 1 aromatic rings. The lowest BCUT2D eigenvalue weighted by atomic mass is 10.2. The number of nitriles is 1. The second kappa shape index (κ2) is 4.96. The van der Waals surface area contributed by atoms with Crippen LogP contribution in [-0.4, -0.2) is 11.9 Å². The summed E-state index contributed by atoms with van der Waals surface area (Å²) in [5.74, 6) is -0.917. The Morgan fingerprint density at radius 3 is 2.60 bits per heavy atom. The van der Waals surface area contributed by atoms with Crippen molar-refractivity contribution in [3.05, 3.63) is 30.1 Å². The Labute approximate surface area is 86.5 Å². The summed E-state index contributed by atoms with van der Waals surface area (Å²) in [6, 6.07) is 6.71. The largest absolute Gasteiger partial charge is 0.370 e. The summed E-state index contributed by atoms with van der Waals surface area (Å²) < 4.78 is 12.5. The second-order valence-corrected chi connectivity index (χ2v) is 3.00. The van der Waals surface area contributed by atoms with E-state index in [1.165, 1.54) is 24.3 Å². The summed E-state index contributed by atoms with van der Waals surface area (Å²) in [6.45, 7) is 0. The summed E-state index contributed by atoms with van der Waals surface area (Å²) >= 11 is 0. The lowest BCUT2D eigenvalue weighted by molar-refractivity contribution is -0.118. The Bertz CT molecular complexity index is 383. The van der Waals surface area contributed by atoms with Gasteiger partial charge in [0.25, 0.3) is 0 Å². The first-order valence-electron chi connectivity index (χ1n) is 4.32. The topological polar surface area (TPSA) is 78.9 Å². The van der Waals surface area contributed by atoms with E-state index >= 15 is 0 Å². The third-order valence-electron chi connectivity index (χ3n) is 1.75. The van der Waals surface area contributed by atoms with E-state index in [1.54, 1.807) is 0 Å². The molecule has 0 saturated carbocycles. The van der Waals surface area contributed by atoms with Gasteiger partial charge in [-0.15, -0.1) is 0 Å². The van der Waals surface area contributed by atoms with Crippen LogP contribution >= 0.6 is 0 Å². The van der Waals surface area contributed by atoms with E-state index in [0.29, 0.717) is 5.69 Å². The van der Waals surface area contributed by atoms with E-state index in [-0.39, 0.29) is 12.2 Å². The van der Waals surface area contributed by atoms with Crippen molar-refractivity contribution in [3.8, 4) is 6.07 Å². The molecule has 15 heavy (non-hydrogen) atoms. The molecule has 4 nitrogen and oxygen atoms in total. The molecule has 0 saturated heterocycles. The first-order chi connectivity index (χ1) is 7.11. The van der Waals surface area contributed by atoms with Gasteiger partial charge in [0.05, 0.1) is 12.5 Å². The van der Waals surface area contributed by atoms with Crippen LogP contribution in [0.4, 0.5) is 10.1 Å². The average Bonchev–Trinajstić information content (AvgIpc) is 2.19. The monoisotopic (exact) mass is 207 g/mol. The minimum absolute atomic E-state index is 0.0755. The Kier molecular flexibility index (Phi) is 3.63. The van der Waals surface area contributed by atoms with Gasteiger partial charge in [0.2, 0.25) is 5.91 Å². The molecule has 0 aliphatic carbocycles. The van der Waals surface area contributed by atoms with Crippen LogP contribution in [0.2, 0.25) is 0 Å². The number of primary amides is 1. The lowest BCUT2D eigenvalue weighted by Gasteiger charge is -2.10. The van der Waals surface area contributed by atoms with Crippen LogP contribution in [0, 0.1) is 17.1 Å². The number of rotatable bonds is 4. The van der Waals surface area contributed by atoms with Gasteiger partial charge in [-0.05, 0) is 24.3 Å². The van der Waals surface area contributed by atoms with E-state index in [0.717, 1.165) is 0 Å². The number of hydrogen-bond acceptors (Lipinski definition) is 3. The fraction of sp³-hybridized carbons (Fsp3) is 0.200. The van der Waals surface area contributed by atoms with Gasteiger partial charge in [-0.25, -0.2) is 4.39 Å². The minimum Gasteiger partial charge on any atom is -0.370 e. The van der Waals surface area contributed by atoms with Gasteiger partial charge < -0.3 is 11.1 Å². The van der Waals surface area contributed by atoms with Crippen molar-refractivity contribution in [1.29, 1.82) is 5.26 Å². The number of hydrogen-bond donors (Lipinski definition) is 2. The molecule has 0 aliphatic rings. The SMILES string of the molecule is N#CC(CC(N)=O)Nc1ccc(F)cc1. The fourth-order valence-electron chi connectivity index (χ4n) is 1.08. The fourth-order valence-corrected chi connectivity index (χ4v) is 1.08. The number of carbonyl (C=O) groups is 1. The first kappa shape index (κ1) is 11.0. The van der Waals surface area contributed by atoms with Gasteiger partial charge in [0.15, 0.2) is 0 Å². The first-order valence-corrected chi connectivity index (χ1v) is 4.32. The molecule has 1 unspecified atom stereocenters. The highest BCUT2D eigenvalue weighted by molar-refractivity contribution is 5.75. The Balaban J connectivity index is 2.63. The van der Waals surface area contributed by atoms with Gasteiger partial charge in [-0.2, -0.15) is 5.26 Å². The van der Waals surface area contributed by atoms with Crippen molar-refractivity contribution in [3.63, 3.8) is 0 Å². The number of nitrogens with two attached hydrogens (primary N) is 1. The quantitative estimate of drug-likeness (QED) is 0.773. The van der Waals surface area contributed by atoms with Gasteiger partial charge in [-0.3, -0.25) is 4.79 Å². The molecule has 5 heteroatoms. The predicted molar refractivity (Wildman–Crippen MR) is 53.2 cm³/mol. The van der Waals surface area contributed by atoms with Crippen LogP contribution in [0.1, 0.15) is 6.42 Å². The van der Waals surface area contributed by atoms with E-state index in [2.05, 4.69) is 5.32 Å². The molecular weight excluding hydrogens is 197 g/mol. The molecule has 1 rings (SSSR count). The summed E-state index contributed by atoms with van der Waals surface area (Å²) in [4.78, 5) is 10.6. The third-order valence-corrected chi connectivity index (χ3v) is 1.75. The van der Waals surface area contributed by atoms with Crippen LogP contribution in [0.5, 0.6) is 0 Å². The predicted octanol–water partition coefficient (Wildman–Crippen LogP) is 1.01. The van der Waals surface area contributed by atoms with Crippen molar-refractivity contribution in [2.24, 2.45) is 5.73 Å². The smallest absolute Gasteiger partial charge is 0.220 e. The maximum absolute atomic E-state index is 12.5. The Hall–Kier alpha value is -2.09. The summed E-state index contributed by atoms with van der Waals surface area (Å²) in [6.07, 6.45) is -0.0755. The molecule has 78 valence electrons. The Morgan fingerprint density at radius 1 is 1.53 bits per heavy atom. The van der Waals surface area contributed by atoms with Gasteiger partial charge in [-0.1, -0.05) is 0 Å². The summed E-state index contributed by atoms with van der Waals surface area (Å²) in [7, 11) is 0. The van der Waals surface area contributed by atoms with Gasteiger partial charge in [0.1, 0.15) is 11.9 Å². The second-order valence-electron chi connectivity index (χ2n) is 3.00. The number of nitrogens with one attached hydrogen (secondary N) is 1. The molecule has 1 atom stereocenters. The summed E-state index contributed by atoms with van der Waals surface area (Å²) in [5, 5.41) is 11.5. The number of anilines is 1. The maximum Gasteiger partial charge on any atom is 0.220 e. The van der Waals surface area contributed by atoms with E-state index in [1.807, 2.05) is 6.07 Å². The number of carbonyl (C=O) groups excluding carboxylic acids is 1. The van der Waals surface area contributed by atoms with Crippen molar-refractivity contribution >= 4 is 11.6 Å². The van der Waals surface area contributed by atoms with Crippen molar-refractivity contribution < 1.29 is 9.18 Å². The molecular formula is C10H10FN3O. The zero-order chi connectivity index (χ0) is 11.3. The number of benzene rings is 1. The highest BCUT2D eigenvalue weighted by atomic mass is 19.1. The molecule has 1 amide bonds. The molecule has 0 spiro atoms. The molecule has 1 aromatic carbocycles. The van der Waals surface area contributed by atoms with E-state index < -0.39 is 11.9 Å². The van der Waals surface area contributed by atoms with Gasteiger partial charge >= 0.3 is 0 Å². The van der Waals surface area contributed by atoms with Crippen molar-refractivity contribution in [1.82, 2.24) is 0 Å². The van der Waals surface area contributed by atoms with Crippen LogP contribution < -0.4 is 11.1 Å². The zero-order valence-electron chi connectivity index (χ0n) is 7.90.